The van der Waals surface area contributed by atoms with Gasteiger partial charge in [0.05, 0.1) is 26.5 Å². The van der Waals surface area contributed by atoms with Crippen molar-refractivity contribution in [1.82, 2.24) is 14.7 Å². The average molecular weight is 502 g/mol. The second-order valence-corrected chi connectivity index (χ2v) is 9.22. The minimum absolute atomic E-state index is 0.00292. The molecule has 3 aromatic rings. The standard InChI is InChI=1S/C26H32N4O4S/c1-20(2)30(16-10-11-17-34-19-24(31)29-35(3,32)33)23-18-27-25(21-12-6-4-7-13-21)26(28-23)22-14-8-5-9-15-22/h4-9,12-15,18,20H,10-11,16-17,19H2,1-3H3,(H,29,31)/i3D3,17D2. The summed E-state index contributed by atoms with van der Waals surface area (Å²) in [5.41, 5.74) is 3.29. The molecule has 1 amide bonds. The fourth-order valence-corrected chi connectivity index (χ4v) is 3.81. The molecule has 0 saturated heterocycles. The van der Waals surface area contributed by atoms with Crippen molar-refractivity contribution in [2.45, 2.75) is 32.7 Å². The van der Waals surface area contributed by atoms with Crippen molar-refractivity contribution in [3.05, 3.63) is 66.9 Å². The minimum atomic E-state index is -4.90. The van der Waals surface area contributed by atoms with Gasteiger partial charge in [-0.2, -0.15) is 0 Å². The van der Waals surface area contributed by atoms with Gasteiger partial charge in [0.1, 0.15) is 12.4 Å². The third-order valence-electron chi connectivity index (χ3n) is 5.00. The van der Waals surface area contributed by atoms with E-state index in [4.69, 9.17) is 21.6 Å². The van der Waals surface area contributed by atoms with Crippen molar-refractivity contribution in [1.29, 1.82) is 0 Å². The average Bonchev–Trinajstić information content (AvgIpc) is 2.90. The zero-order valence-corrected chi connectivity index (χ0v) is 20.5. The van der Waals surface area contributed by atoms with Gasteiger partial charge in [0.25, 0.3) is 5.91 Å². The highest BCUT2D eigenvalue weighted by molar-refractivity contribution is 7.89. The normalized spacial score (nSPS) is 14.3. The highest BCUT2D eigenvalue weighted by atomic mass is 32.2. The molecule has 0 aliphatic carbocycles. The second-order valence-electron chi connectivity index (χ2n) is 8.01. The summed E-state index contributed by atoms with van der Waals surface area (Å²) in [6.07, 6.45) is -1.54. The van der Waals surface area contributed by atoms with Crippen LogP contribution in [-0.2, 0) is 19.6 Å². The molecule has 0 saturated carbocycles. The van der Waals surface area contributed by atoms with Gasteiger partial charge in [-0.25, -0.2) is 13.4 Å². The van der Waals surface area contributed by atoms with Crippen LogP contribution in [0.3, 0.4) is 0 Å². The van der Waals surface area contributed by atoms with Crippen LogP contribution in [0.15, 0.2) is 66.9 Å². The molecular formula is C26H32N4O4S. The molecule has 1 aromatic heterocycles. The molecule has 35 heavy (non-hydrogen) atoms. The smallest absolute Gasteiger partial charge is 0.259 e. The lowest BCUT2D eigenvalue weighted by molar-refractivity contribution is -0.123. The van der Waals surface area contributed by atoms with E-state index in [0.717, 1.165) is 16.8 Å². The topological polar surface area (TPSA) is 101 Å². The van der Waals surface area contributed by atoms with Crippen LogP contribution in [0, 0.1) is 0 Å². The monoisotopic (exact) mass is 501 g/mol. The van der Waals surface area contributed by atoms with Crippen LogP contribution < -0.4 is 9.62 Å². The van der Waals surface area contributed by atoms with Crippen molar-refractivity contribution in [3.8, 4) is 22.5 Å². The van der Waals surface area contributed by atoms with E-state index in [0.29, 0.717) is 24.5 Å². The Morgan fingerprint density at radius 2 is 1.69 bits per heavy atom. The van der Waals surface area contributed by atoms with Crippen LogP contribution >= 0.6 is 0 Å². The Kier molecular flexibility index (Phi) is 7.08. The zero-order chi connectivity index (χ0) is 29.6. The lowest BCUT2D eigenvalue weighted by Crippen LogP contribution is -2.33. The number of amides is 1. The number of rotatable bonds is 12. The maximum Gasteiger partial charge on any atom is 0.259 e. The van der Waals surface area contributed by atoms with Crippen molar-refractivity contribution in [3.63, 3.8) is 0 Å². The summed E-state index contributed by atoms with van der Waals surface area (Å²) in [6.45, 7) is 1.14. The van der Waals surface area contributed by atoms with Gasteiger partial charge >= 0.3 is 0 Å². The van der Waals surface area contributed by atoms with E-state index in [1.165, 1.54) is 4.72 Å². The SMILES string of the molecule is [2H]C([2H])(CCCN(c1cnc(-c2ccccc2)c(-c2ccccc2)n1)C(C)C)OCC(=O)NS(=O)(=O)C([2H])([2H])[2H]. The van der Waals surface area contributed by atoms with Crippen LogP contribution in [0.25, 0.3) is 22.5 Å². The quantitative estimate of drug-likeness (QED) is 0.402. The van der Waals surface area contributed by atoms with Gasteiger partial charge < -0.3 is 9.64 Å². The molecule has 1 N–H and O–H groups in total. The largest absolute Gasteiger partial charge is 0.372 e. The number of carbonyl (C=O) groups excluding carboxylic acids is 1. The van der Waals surface area contributed by atoms with E-state index in [9.17, 15) is 13.2 Å². The molecule has 0 aliphatic rings. The number of sulfonamides is 1. The molecular weight excluding hydrogens is 464 g/mol. The first-order chi connectivity index (χ1) is 18.7. The Bertz CT molecular complexity index is 1390. The van der Waals surface area contributed by atoms with Crippen LogP contribution in [0.4, 0.5) is 5.82 Å². The number of aromatic nitrogens is 2. The Morgan fingerprint density at radius 3 is 2.29 bits per heavy atom. The summed E-state index contributed by atoms with van der Waals surface area (Å²) in [5, 5.41) is 0. The minimum Gasteiger partial charge on any atom is -0.372 e. The predicted molar refractivity (Wildman–Crippen MR) is 138 cm³/mol. The summed E-state index contributed by atoms with van der Waals surface area (Å²) >= 11 is 0. The van der Waals surface area contributed by atoms with E-state index < -0.39 is 35.3 Å². The Hall–Kier alpha value is -3.30. The first-order valence-corrected chi connectivity index (χ1v) is 12.6. The third-order valence-corrected chi connectivity index (χ3v) is 5.50. The van der Waals surface area contributed by atoms with E-state index >= 15 is 0 Å². The van der Waals surface area contributed by atoms with Crippen molar-refractivity contribution < 1.29 is 24.8 Å². The molecule has 9 heteroatoms. The first kappa shape index (κ1) is 19.9. The molecule has 0 spiro atoms. The van der Waals surface area contributed by atoms with Crippen molar-refractivity contribution >= 4 is 21.7 Å². The lowest BCUT2D eigenvalue weighted by Gasteiger charge is -2.28. The molecule has 0 radical (unpaired) electrons. The lowest BCUT2D eigenvalue weighted by atomic mass is 10.0. The van der Waals surface area contributed by atoms with Gasteiger partial charge in [-0.1, -0.05) is 60.7 Å². The summed E-state index contributed by atoms with van der Waals surface area (Å²) < 4.78 is 66.4. The molecule has 0 unspecified atom stereocenters. The van der Waals surface area contributed by atoms with Crippen molar-refractivity contribution in [2.75, 3.05) is 30.8 Å². The number of ether oxygens (including phenoxy) is 1. The molecule has 0 aliphatic heterocycles. The molecule has 186 valence electrons. The maximum absolute atomic E-state index is 11.8. The summed E-state index contributed by atoms with van der Waals surface area (Å²) in [5.74, 6) is -0.657. The molecule has 0 fully saturated rings. The number of nitrogens with zero attached hydrogens (tertiary/aromatic N) is 3. The van der Waals surface area contributed by atoms with Crippen LogP contribution in [0.5, 0.6) is 0 Å². The van der Waals surface area contributed by atoms with E-state index in [1.807, 2.05) is 79.4 Å². The van der Waals surface area contributed by atoms with Gasteiger partial charge in [0.2, 0.25) is 10.0 Å². The van der Waals surface area contributed by atoms with Crippen LogP contribution in [0.1, 0.15) is 33.5 Å². The zero-order valence-electron chi connectivity index (χ0n) is 24.6. The van der Waals surface area contributed by atoms with E-state index in [-0.39, 0.29) is 12.5 Å². The highest BCUT2D eigenvalue weighted by Crippen LogP contribution is 2.30. The Morgan fingerprint density at radius 1 is 1.06 bits per heavy atom. The Balaban J connectivity index is 1.71. The fourth-order valence-electron chi connectivity index (χ4n) is 3.45. The van der Waals surface area contributed by atoms with E-state index in [1.54, 1.807) is 6.20 Å². The number of hydrogen-bond donors (Lipinski definition) is 1. The molecule has 0 atom stereocenters. The Labute approximate surface area is 214 Å². The fraction of sp³-hybridized carbons (Fsp3) is 0.346. The molecule has 8 nitrogen and oxygen atoms in total. The first-order valence-electron chi connectivity index (χ1n) is 13.6. The molecule has 1 heterocycles. The van der Waals surface area contributed by atoms with Crippen LogP contribution in [-0.4, -0.2) is 56.2 Å². The number of hydrogen-bond acceptors (Lipinski definition) is 7. The van der Waals surface area contributed by atoms with Gasteiger partial charge in [-0.05, 0) is 26.7 Å². The molecule has 3 rings (SSSR count). The highest BCUT2D eigenvalue weighted by Gasteiger charge is 2.17. The number of benzene rings is 2. The van der Waals surface area contributed by atoms with Crippen molar-refractivity contribution in [2.24, 2.45) is 0 Å². The number of nitrogens with one attached hydrogen (secondary N) is 1. The van der Waals surface area contributed by atoms with Crippen LogP contribution in [0.2, 0.25) is 0 Å². The summed E-state index contributed by atoms with van der Waals surface area (Å²) in [4.78, 5) is 23.5. The number of anilines is 1. The number of carbonyl (C=O) groups is 1. The van der Waals surface area contributed by atoms with Gasteiger partial charge in [-0.15, -0.1) is 0 Å². The summed E-state index contributed by atoms with van der Waals surface area (Å²) in [6, 6.07) is 19.5. The summed E-state index contributed by atoms with van der Waals surface area (Å²) in [7, 11) is -4.90. The third kappa shape index (κ3) is 8.15. The maximum atomic E-state index is 11.8. The molecule has 0 bridgehead atoms. The molecule has 2 aromatic carbocycles. The van der Waals surface area contributed by atoms with E-state index in [2.05, 4.69) is 0 Å². The predicted octanol–water partition coefficient (Wildman–Crippen LogP) is 3.90. The van der Waals surface area contributed by atoms with Gasteiger partial charge in [0, 0.05) is 34.4 Å². The van der Waals surface area contributed by atoms with Gasteiger partial charge in [0.15, 0.2) is 0 Å². The second kappa shape index (κ2) is 12.4. The van der Waals surface area contributed by atoms with Gasteiger partial charge in [-0.3, -0.25) is 14.5 Å².